The minimum atomic E-state index is -0.493. The van der Waals surface area contributed by atoms with Gasteiger partial charge in [0.25, 0.3) is 0 Å². The number of aliphatic imine (C=N–C) groups is 1. The second kappa shape index (κ2) is 8.22. The molecule has 0 fully saturated rings. The smallest absolute Gasteiger partial charge is 0.363 e. The topological polar surface area (TPSA) is 57.1 Å². The fourth-order valence-corrected chi connectivity index (χ4v) is 3.07. The molecule has 138 valence electrons. The summed E-state index contributed by atoms with van der Waals surface area (Å²) in [7, 11) is 1.55. The van der Waals surface area contributed by atoms with Crippen LogP contribution in [0, 0.1) is 6.92 Å². The summed E-state index contributed by atoms with van der Waals surface area (Å²) in [6, 6.07) is 11.2. The Labute approximate surface area is 166 Å². The Bertz CT molecular complexity index is 945. The Morgan fingerprint density at radius 3 is 2.67 bits per heavy atom. The van der Waals surface area contributed by atoms with Crippen LogP contribution in [-0.2, 0) is 9.53 Å². The molecule has 3 rings (SSSR count). The van der Waals surface area contributed by atoms with Gasteiger partial charge in [0.05, 0.1) is 11.6 Å². The standard InChI is InChI=1S/C21H18BrNO4/c1-4-9-26-19-16(22)10-14(12-18(19)25-3)11-17-21(24)27-20(23-17)15-7-5-13(2)6-8-15/h4-8,10-12H,1,9H2,2-3H3/b17-11-. The summed E-state index contributed by atoms with van der Waals surface area (Å²) in [6.07, 6.45) is 3.30. The van der Waals surface area contributed by atoms with E-state index in [-0.39, 0.29) is 5.70 Å². The molecule has 1 aliphatic rings. The first-order chi connectivity index (χ1) is 13.0. The van der Waals surface area contributed by atoms with E-state index in [4.69, 9.17) is 14.2 Å². The van der Waals surface area contributed by atoms with E-state index in [1.54, 1.807) is 25.3 Å². The lowest BCUT2D eigenvalue weighted by Crippen LogP contribution is -2.05. The molecule has 0 N–H and O–H groups in total. The maximum Gasteiger partial charge on any atom is 0.363 e. The molecule has 0 bridgehead atoms. The SMILES string of the molecule is C=CCOc1c(Br)cc(/C=C2\N=C(c3ccc(C)cc3)OC2=O)cc1OC. The van der Waals surface area contributed by atoms with E-state index in [9.17, 15) is 4.79 Å². The van der Waals surface area contributed by atoms with Gasteiger partial charge in [-0.2, -0.15) is 0 Å². The zero-order valence-corrected chi connectivity index (χ0v) is 16.6. The fourth-order valence-electron chi connectivity index (χ4n) is 2.49. The Balaban J connectivity index is 1.93. The highest BCUT2D eigenvalue weighted by atomic mass is 79.9. The maximum atomic E-state index is 12.2. The van der Waals surface area contributed by atoms with Crippen molar-refractivity contribution in [1.29, 1.82) is 0 Å². The van der Waals surface area contributed by atoms with Gasteiger partial charge in [0.2, 0.25) is 5.90 Å². The van der Waals surface area contributed by atoms with E-state index in [0.717, 1.165) is 16.7 Å². The molecule has 1 heterocycles. The molecule has 1 aliphatic heterocycles. The average Bonchev–Trinajstić information content (AvgIpc) is 3.01. The van der Waals surface area contributed by atoms with Crippen LogP contribution >= 0.6 is 15.9 Å². The van der Waals surface area contributed by atoms with Crippen molar-refractivity contribution >= 4 is 33.9 Å². The summed E-state index contributed by atoms with van der Waals surface area (Å²) in [5.41, 5.74) is 2.82. The van der Waals surface area contributed by atoms with Crippen LogP contribution in [0.1, 0.15) is 16.7 Å². The van der Waals surface area contributed by atoms with Crippen molar-refractivity contribution < 1.29 is 19.0 Å². The van der Waals surface area contributed by atoms with Crippen LogP contribution in [-0.4, -0.2) is 25.6 Å². The van der Waals surface area contributed by atoms with Gasteiger partial charge in [0.15, 0.2) is 17.2 Å². The molecule has 0 amide bonds. The normalized spacial score (nSPS) is 14.7. The predicted octanol–water partition coefficient (Wildman–Crippen LogP) is 4.68. The number of aryl methyl sites for hydroxylation is 1. The van der Waals surface area contributed by atoms with Crippen LogP contribution in [0.15, 0.2) is 64.2 Å². The highest BCUT2D eigenvalue weighted by molar-refractivity contribution is 9.10. The highest BCUT2D eigenvalue weighted by Crippen LogP contribution is 2.37. The van der Waals surface area contributed by atoms with E-state index in [1.807, 2.05) is 37.3 Å². The molecule has 0 spiro atoms. The molecule has 0 radical (unpaired) electrons. The zero-order chi connectivity index (χ0) is 19.4. The van der Waals surface area contributed by atoms with Crippen molar-refractivity contribution in [2.75, 3.05) is 13.7 Å². The first-order valence-electron chi connectivity index (χ1n) is 8.22. The van der Waals surface area contributed by atoms with E-state index >= 15 is 0 Å². The molecule has 0 saturated heterocycles. The Hall–Kier alpha value is -2.86. The second-order valence-electron chi connectivity index (χ2n) is 5.84. The largest absolute Gasteiger partial charge is 0.493 e. The van der Waals surface area contributed by atoms with Crippen LogP contribution in [0.4, 0.5) is 0 Å². The summed E-state index contributed by atoms with van der Waals surface area (Å²) in [5, 5.41) is 0. The van der Waals surface area contributed by atoms with Gasteiger partial charge in [0, 0.05) is 5.56 Å². The van der Waals surface area contributed by atoms with Gasteiger partial charge >= 0.3 is 5.97 Å². The third-order valence-corrected chi connectivity index (χ3v) is 4.41. The highest BCUT2D eigenvalue weighted by Gasteiger charge is 2.24. The van der Waals surface area contributed by atoms with Crippen molar-refractivity contribution in [3.8, 4) is 11.5 Å². The number of rotatable bonds is 6. The van der Waals surface area contributed by atoms with Gasteiger partial charge < -0.3 is 14.2 Å². The number of hydrogen-bond donors (Lipinski definition) is 0. The first kappa shape index (κ1) is 18.9. The molecule has 2 aromatic carbocycles. The number of methoxy groups -OCH3 is 1. The Morgan fingerprint density at radius 2 is 2.00 bits per heavy atom. The van der Waals surface area contributed by atoms with Gasteiger partial charge in [-0.05, 0) is 58.8 Å². The number of carbonyl (C=O) groups excluding carboxylic acids is 1. The van der Waals surface area contributed by atoms with Gasteiger partial charge in [-0.25, -0.2) is 9.79 Å². The van der Waals surface area contributed by atoms with Crippen LogP contribution in [0.3, 0.4) is 0 Å². The summed E-state index contributed by atoms with van der Waals surface area (Å²) >= 11 is 3.47. The van der Waals surface area contributed by atoms with Crippen molar-refractivity contribution in [2.45, 2.75) is 6.92 Å². The van der Waals surface area contributed by atoms with Gasteiger partial charge in [-0.15, -0.1) is 0 Å². The first-order valence-corrected chi connectivity index (χ1v) is 9.02. The van der Waals surface area contributed by atoms with Crippen molar-refractivity contribution in [3.05, 3.63) is 75.9 Å². The number of esters is 1. The molecule has 0 saturated carbocycles. The number of carbonyl (C=O) groups is 1. The lowest BCUT2D eigenvalue weighted by molar-refractivity contribution is -0.129. The lowest BCUT2D eigenvalue weighted by atomic mass is 10.1. The molecule has 2 aromatic rings. The van der Waals surface area contributed by atoms with Crippen LogP contribution in [0.25, 0.3) is 6.08 Å². The average molecular weight is 428 g/mol. The zero-order valence-electron chi connectivity index (χ0n) is 15.0. The van der Waals surface area contributed by atoms with Crippen LogP contribution in [0.5, 0.6) is 11.5 Å². The van der Waals surface area contributed by atoms with Crippen LogP contribution < -0.4 is 9.47 Å². The molecule has 0 aromatic heterocycles. The molecular weight excluding hydrogens is 410 g/mol. The lowest BCUT2D eigenvalue weighted by Gasteiger charge is -2.12. The summed E-state index contributed by atoms with van der Waals surface area (Å²) in [5.74, 6) is 0.903. The minimum absolute atomic E-state index is 0.222. The maximum absolute atomic E-state index is 12.2. The van der Waals surface area contributed by atoms with E-state index in [1.165, 1.54) is 0 Å². The van der Waals surface area contributed by atoms with Gasteiger partial charge in [-0.1, -0.05) is 30.4 Å². The van der Waals surface area contributed by atoms with Crippen LogP contribution in [0.2, 0.25) is 0 Å². The number of cyclic esters (lactones) is 1. The second-order valence-corrected chi connectivity index (χ2v) is 6.69. The van der Waals surface area contributed by atoms with Gasteiger partial charge in [-0.3, -0.25) is 0 Å². The summed E-state index contributed by atoms with van der Waals surface area (Å²) < 4.78 is 17.0. The molecule has 0 aliphatic carbocycles. The fraction of sp³-hybridized carbons (Fsp3) is 0.143. The number of hydrogen-bond acceptors (Lipinski definition) is 5. The number of benzene rings is 2. The molecule has 0 atom stereocenters. The monoisotopic (exact) mass is 427 g/mol. The van der Waals surface area contributed by atoms with E-state index in [0.29, 0.717) is 28.5 Å². The van der Waals surface area contributed by atoms with Crippen molar-refractivity contribution in [1.82, 2.24) is 0 Å². The third kappa shape index (κ3) is 4.28. The molecule has 27 heavy (non-hydrogen) atoms. The Kier molecular flexibility index (Phi) is 5.76. The summed E-state index contributed by atoms with van der Waals surface area (Å²) in [4.78, 5) is 16.5. The molecule has 6 heteroatoms. The van der Waals surface area contributed by atoms with Crippen molar-refractivity contribution in [3.63, 3.8) is 0 Å². The number of halogens is 1. The third-order valence-electron chi connectivity index (χ3n) is 3.82. The van der Waals surface area contributed by atoms with E-state index < -0.39 is 5.97 Å². The Morgan fingerprint density at radius 1 is 1.26 bits per heavy atom. The number of nitrogens with zero attached hydrogens (tertiary/aromatic N) is 1. The molecular formula is C21H18BrNO4. The molecule has 5 nitrogen and oxygen atoms in total. The number of ether oxygens (including phenoxy) is 3. The summed E-state index contributed by atoms with van der Waals surface area (Å²) in [6.45, 7) is 5.98. The predicted molar refractivity (Wildman–Crippen MR) is 108 cm³/mol. The van der Waals surface area contributed by atoms with E-state index in [2.05, 4.69) is 27.5 Å². The minimum Gasteiger partial charge on any atom is -0.493 e. The quantitative estimate of drug-likeness (QED) is 0.381. The van der Waals surface area contributed by atoms with Crippen molar-refractivity contribution in [2.24, 2.45) is 4.99 Å². The van der Waals surface area contributed by atoms with Gasteiger partial charge in [0.1, 0.15) is 6.61 Å². The molecule has 0 unspecified atom stereocenters.